The molecule has 0 radical (unpaired) electrons. The van der Waals surface area contributed by atoms with Crippen molar-refractivity contribution in [3.63, 3.8) is 0 Å². The summed E-state index contributed by atoms with van der Waals surface area (Å²) >= 11 is 2.35. The molecule has 3 aromatic heterocycles. The highest BCUT2D eigenvalue weighted by atomic mass is 32.1. The number of allylic oxidation sites excluding steroid dienone is 1. The Labute approximate surface area is 125 Å². The SMILES string of the molecule is O=C(/C=C/c1c(C(F)(F)F)nc2sccn12)c1cccs1. The molecule has 0 amide bonds. The van der Waals surface area contributed by atoms with Gasteiger partial charge in [0.1, 0.15) is 0 Å². The molecule has 3 heterocycles. The zero-order valence-corrected chi connectivity index (χ0v) is 11.9. The number of thiazole rings is 1. The summed E-state index contributed by atoms with van der Waals surface area (Å²) in [7, 11) is 0. The number of halogens is 3. The second-order valence-electron chi connectivity index (χ2n) is 4.07. The minimum absolute atomic E-state index is 0.136. The molecule has 0 aliphatic carbocycles. The largest absolute Gasteiger partial charge is 0.435 e. The van der Waals surface area contributed by atoms with Crippen LogP contribution in [-0.4, -0.2) is 15.2 Å². The van der Waals surface area contributed by atoms with E-state index in [0.717, 1.165) is 23.5 Å². The van der Waals surface area contributed by atoms with E-state index in [1.165, 1.54) is 21.9 Å². The van der Waals surface area contributed by atoms with E-state index in [1.54, 1.807) is 22.9 Å². The van der Waals surface area contributed by atoms with Crippen LogP contribution in [0.15, 0.2) is 35.2 Å². The van der Waals surface area contributed by atoms with Crippen molar-refractivity contribution in [2.45, 2.75) is 6.18 Å². The molecule has 0 atom stereocenters. The van der Waals surface area contributed by atoms with E-state index >= 15 is 0 Å². The van der Waals surface area contributed by atoms with Gasteiger partial charge in [0.2, 0.25) is 0 Å². The summed E-state index contributed by atoms with van der Waals surface area (Å²) in [6, 6.07) is 3.33. The molecule has 3 rings (SSSR count). The Hall–Kier alpha value is -1.93. The Bertz CT molecular complexity index is 812. The molecule has 3 aromatic rings. The van der Waals surface area contributed by atoms with Gasteiger partial charge in [0, 0.05) is 11.6 Å². The number of carbonyl (C=O) groups excluding carboxylic acids is 1. The monoisotopic (exact) mass is 328 g/mol. The third-order valence-corrected chi connectivity index (χ3v) is 4.37. The number of fused-ring (bicyclic) bond motifs is 1. The van der Waals surface area contributed by atoms with Gasteiger partial charge in [-0.25, -0.2) is 4.98 Å². The topological polar surface area (TPSA) is 34.4 Å². The first-order chi connectivity index (χ1) is 9.97. The molecule has 0 saturated carbocycles. The second kappa shape index (κ2) is 5.12. The van der Waals surface area contributed by atoms with Gasteiger partial charge >= 0.3 is 6.18 Å². The summed E-state index contributed by atoms with van der Waals surface area (Å²) in [4.78, 5) is 16.2. The predicted molar refractivity (Wildman–Crippen MR) is 75.8 cm³/mol. The van der Waals surface area contributed by atoms with E-state index in [2.05, 4.69) is 4.98 Å². The molecule has 0 saturated heterocycles. The molecule has 0 bridgehead atoms. The Morgan fingerprint density at radius 3 is 2.76 bits per heavy atom. The van der Waals surface area contributed by atoms with E-state index in [0.29, 0.717) is 4.88 Å². The lowest BCUT2D eigenvalue weighted by Gasteiger charge is -2.03. The summed E-state index contributed by atoms with van der Waals surface area (Å²) in [5.74, 6) is -0.330. The first-order valence-corrected chi connectivity index (χ1v) is 7.51. The number of imidazole rings is 1. The van der Waals surface area contributed by atoms with Crippen molar-refractivity contribution >= 4 is 39.5 Å². The zero-order valence-electron chi connectivity index (χ0n) is 10.3. The van der Waals surface area contributed by atoms with E-state index in [9.17, 15) is 18.0 Å². The highest BCUT2D eigenvalue weighted by Gasteiger charge is 2.37. The number of ketones is 1. The molecule has 0 N–H and O–H groups in total. The number of aromatic nitrogens is 2. The van der Waals surface area contributed by atoms with Crippen molar-refractivity contribution in [2.24, 2.45) is 0 Å². The third kappa shape index (κ3) is 2.64. The summed E-state index contributed by atoms with van der Waals surface area (Å²) < 4.78 is 40.2. The van der Waals surface area contributed by atoms with Gasteiger partial charge in [-0.3, -0.25) is 9.20 Å². The summed E-state index contributed by atoms with van der Waals surface area (Å²) in [5.41, 5.74) is -1.12. The number of nitrogens with zero attached hydrogens (tertiary/aromatic N) is 2. The normalized spacial score (nSPS) is 12.5. The van der Waals surface area contributed by atoms with Crippen LogP contribution in [0.25, 0.3) is 11.0 Å². The highest BCUT2D eigenvalue weighted by molar-refractivity contribution is 7.15. The summed E-state index contributed by atoms with van der Waals surface area (Å²) in [6.45, 7) is 0. The fraction of sp³-hybridized carbons (Fsp3) is 0.0769. The van der Waals surface area contributed by atoms with Crippen LogP contribution in [0, 0.1) is 0 Å². The Balaban J connectivity index is 2.03. The fourth-order valence-corrected chi connectivity index (χ4v) is 3.19. The van der Waals surface area contributed by atoms with Gasteiger partial charge in [0.15, 0.2) is 16.4 Å². The van der Waals surface area contributed by atoms with Gasteiger partial charge in [0.05, 0.1) is 10.6 Å². The van der Waals surface area contributed by atoms with E-state index < -0.39 is 11.9 Å². The van der Waals surface area contributed by atoms with Crippen LogP contribution in [-0.2, 0) is 6.18 Å². The number of hydrogen-bond donors (Lipinski definition) is 0. The second-order valence-corrected chi connectivity index (χ2v) is 5.89. The van der Waals surface area contributed by atoms with Crippen LogP contribution in [0.1, 0.15) is 21.1 Å². The van der Waals surface area contributed by atoms with E-state index in [4.69, 9.17) is 0 Å². The quantitative estimate of drug-likeness (QED) is 0.528. The zero-order chi connectivity index (χ0) is 15.0. The van der Waals surface area contributed by atoms with Crippen molar-refractivity contribution in [1.82, 2.24) is 9.38 Å². The molecule has 0 aliphatic heterocycles. The van der Waals surface area contributed by atoms with Gasteiger partial charge < -0.3 is 0 Å². The van der Waals surface area contributed by atoms with Crippen LogP contribution >= 0.6 is 22.7 Å². The number of hydrogen-bond acceptors (Lipinski definition) is 4. The lowest BCUT2D eigenvalue weighted by atomic mass is 10.2. The Kier molecular flexibility index (Phi) is 3.42. The van der Waals surface area contributed by atoms with E-state index in [-0.39, 0.29) is 16.4 Å². The smallest absolute Gasteiger partial charge is 0.290 e. The third-order valence-electron chi connectivity index (χ3n) is 2.72. The summed E-state index contributed by atoms with van der Waals surface area (Å²) in [5, 5.41) is 3.37. The van der Waals surface area contributed by atoms with Crippen molar-refractivity contribution in [1.29, 1.82) is 0 Å². The van der Waals surface area contributed by atoms with Crippen LogP contribution in [0.5, 0.6) is 0 Å². The predicted octanol–water partition coefficient (Wildman–Crippen LogP) is 4.37. The van der Waals surface area contributed by atoms with Crippen molar-refractivity contribution < 1.29 is 18.0 Å². The van der Waals surface area contributed by atoms with Crippen LogP contribution in [0.2, 0.25) is 0 Å². The van der Waals surface area contributed by atoms with Gasteiger partial charge in [-0.1, -0.05) is 6.07 Å². The molecule has 108 valence electrons. The van der Waals surface area contributed by atoms with Gasteiger partial charge in [-0.05, 0) is 23.6 Å². The minimum Gasteiger partial charge on any atom is -0.290 e. The fourth-order valence-electron chi connectivity index (χ4n) is 1.83. The van der Waals surface area contributed by atoms with Crippen LogP contribution in [0.3, 0.4) is 0 Å². The lowest BCUT2D eigenvalue weighted by Crippen LogP contribution is -2.08. The van der Waals surface area contributed by atoms with Crippen LogP contribution < -0.4 is 0 Å². The van der Waals surface area contributed by atoms with Gasteiger partial charge in [0.25, 0.3) is 0 Å². The number of thiophene rings is 1. The van der Waals surface area contributed by atoms with Crippen LogP contribution in [0.4, 0.5) is 13.2 Å². The Morgan fingerprint density at radius 2 is 2.10 bits per heavy atom. The van der Waals surface area contributed by atoms with Crippen molar-refractivity contribution in [3.8, 4) is 0 Å². The standard InChI is InChI=1S/C13H7F3N2OS2/c14-13(15,16)11-8(18-5-7-21-12(18)17-11)3-4-9(19)10-2-1-6-20-10/h1-7H/b4-3+. The highest BCUT2D eigenvalue weighted by Crippen LogP contribution is 2.33. The maximum Gasteiger partial charge on any atom is 0.435 e. The molecular weight excluding hydrogens is 321 g/mol. The minimum atomic E-state index is -4.56. The molecule has 8 heteroatoms. The lowest BCUT2D eigenvalue weighted by molar-refractivity contribution is -0.140. The molecule has 21 heavy (non-hydrogen) atoms. The van der Waals surface area contributed by atoms with Gasteiger partial charge in [-0.2, -0.15) is 13.2 Å². The maximum absolute atomic E-state index is 13.0. The molecular formula is C13H7F3N2OS2. The maximum atomic E-state index is 13.0. The molecule has 0 aliphatic rings. The average molecular weight is 328 g/mol. The number of rotatable bonds is 3. The van der Waals surface area contributed by atoms with Crippen molar-refractivity contribution in [2.75, 3.05) is 0 Å². The number of alkyl halides is 3. The van der Waals surface area contributed by atoms with E-state index in [1.807, 2.05) is 0 Å². The first-order valence-electron chi connectivity index (χ1n) is 5.75. The molecule has 0 unspecified atom stereocenters. The number of carbonyl (C=O) groups is 1. The molecule has 0 fully saturated rings. The first kappa shape index (κ1) is 14.0. The molecule has 0 aromatic carbocycles. The molecule has 0 spiro atoms. The average Bonchev–Trinajstić information content (AvgIpc) is 3.11. The summed E-state index contributed by atoms with van der Waals surface area (Å²) in [6.07, 6.45) is -0.755. The molecule has 3 nitrogen and oxygen atoms in total. The van der Waals surface area contributed by atoms with Crippen molar-refractivity contribution in [3.05, 3.63) is 51.4 Å². The van der Waals surface area contributed by atoms with Gasteiger partial charge in [-0.15, -0.1) is 22.7 Å². The Morgan fingerprint density at radius 1 is 1.29 bits per heavy atom.